The second-order valence-electron chi connectivity index (χ2n) is 1.75. The van der Waals surface area contributed by atoms with Crippen molar-refractivity contribution in [2.75, 3.05) is 6.67 Å². The Bertz CT molecular complexity index is 248. The van der Waals surface area contributed by atoms with E-state index in [9.17, 15) is 4.39 Å². The van der Waals surface area contributed by atoms with Gasteiger partial charge in [0.15, 0.2) is 0 Å². The lowest BCUT2D eigenvalue weighted by molar-refractivity contribution is 0.444. The third-order valence-corrected chi connectivity index (χ3v) is 1.14. The molecule has 1 rings (SSSR count). The lowest BCUT2D eigenvalue weighted by Gasteiger charge is -1.95. The Morgan fingerprint density at radius 1 is 1.80 bits per heavy atom. The highest BCUT2D eigenvalue weighted by molar-refractivity contribution is 5.10. The molecule has 0 spiro atoms. The minimum Gasteiger partial charge on any atom is -0.320 e. The second kappa shape index (κ2) is 2.97. The highest BCUT2D eigenvalue weighted by Gasteiger charge is 1.97. The maximum atomic E-state index is 11.7. The molecular weight excluding hydrogens is 133 g/mol. The predicted octanol–water partition coefficient (Wildman–Crippen LogP) is 0.724. The molecule has 0 aromatic carbocycles. The number of hydrogen-bond donors (Lipinski definition) is 0. The fourth-order valence-electron chi connectivity index (χ4n) is 0.694. The number of alkyl halides is 1. The standard InChI is InChI=1S/C6H6FN3/c7-1-3-10-4-2-9-6(10)5-8/h2,4H,1,3H2. The van der Waals surface area contributed by atoms with Crippen LogP contribution in [0.15, 0.2) is 12.4 Å². The van der Waals surface area contributed by atoms with Gasteiger partial charge >= 0.3 is 0 Å². The summed E-state index contributed by atoms with van der Waals surface area (Å²) in [6.07, 6.45) is 3.06. The molecule has 0 atom stereocenters. The molecule has 0 aliphatic rings. The van der Waals surface area contributed by atoms with Gasteiger partial charge in [0.05, 0.1) is 6.54 Å². The number of rotatable bonds is 2. The molecule has 1 aromatic heterocycles. The van der Waals surface area contributed by atoms with Gasteiger partial charge in [-0.3, -0.25) is 0 Å². The molecule has 0 aliphatic heterocycles. The number of imidazole rings is 1. The molecule has 1 aromatic rings. The number of halogens is 1. The topological polar surface area (TPSA) is 41.6 Å². The molecule has 0 N–H and O–H groups in total. The van der Waals surface area contributed by atoms with Crippen molar-refractivity contribution >= 4 is 0 Å². The summed E-state index contributed by atoms with van der Waals surface area (Å²) in [6, 6.07) is 1.85. The number of nitriles is 1. The fourth-order valence-corrected chi connectivity index (χ4v) is 0.694. The highest BCUT2D eigenvalue weighted by atomic mass is 19.1. The van der Waals surface area contributed by atoms with Crippen LogP contribution >= 0.6 is 0 Å². The Kier molecular flexibility index (Phi) is 2.00. The average molecular weight is 139 g/mol. The van der Waals surface area contributed by atoms with E-state index >= 15 is 0 Å². The van der Waals surface area contributed by atoms with Crippen LogP contribution < -0.4 is 0 Å². The zero-order chi connectivity index (χ0) is 7.40. The van der Waals surface area contributed by atoms with Gasteiger partial charge in [-0.05, 0) is 0 Å². The maximum absolute atomic E-state index is 11.7. The molecule has 0 unspecified atom stereocenters. The van der Waals surface area contributed by atoms with E-state index < -0.39 is 6.67 Å². The van der Waals surface area contributed by atoms with Crippen LogP contribution in [0.3, 0.4) is 0 Å². The van der Waals surface area contributed by atoms with Crippen LogP contribution in [0, 0.1) is 11.3 Å². The van der Waals surface area contributed by atoms with Crippen LogP contribution in [0.5, 0.6) is 0 Å². The summed E-state index contributed by atoms with van der Waals surface area (Å²) in [6.45, 7) is -0.256. The van der Waals surface area contributed by atoms with Gasteiger partial charge in [0.2, 0.25) is 5.82 Å². The molecule has 10 heavy (non-hydrogen) atoms. The molecule has 1 heterocycles. The van der Waals surface area contributed by atoms with Gasteiger partial charge in [0, 0.05) is 12.4 Å². The van der Waals surface area contributed by atoms with E-state index in [-0.39, 0.29) is 12.4 Å². The molecule has 4 heteroatoms. The van der Waals surface area contributed by atoms with Crippen LogP contribution in [-0.2, 0) is 6.54 Å². The third kappa shape index (κ3) is 1.13. The first-order valence-corrected chi connectivity index (χ1v) is 2.85. The van der Waals surface area contributed by atoms with Gasteiger partial charge in [-0.25, -0.2) is 9.37 Å². The minimum absolute atomic E-state index is 0.211. The molecule has 0 bridgehead atoms. The first kappa shape index (κ1) is 6.75. The minimum atomic E-state index is -0.467. The summed E-state index contributed by atoms with van der Waals surface area (Å²) in [5.74, 6) is 0.262. The van der Waals surface area contributed by atoms with E-state index in [1.54, 1.807) is 6.20 Å². The van der Waals surface area contributed by atoms with Gasteiger partial charge in [0.25, 0.3) is 0 Å². The first-order valence-electron chi connectivity index (χ1n) is 2.85. The highest BCUT2D eigenvalue weighted by Crippen LogP contribution is 1.94. The van der Waals surface area contributed by atoms with E-state index in [1.807, 2.05) is 6.07 Å². The van der Waals surface area contributed by atoms with Gasteiger partial charge in [-0.1, -0.05) is 0 Å². The van der Waals surface area contributed by atoms with Crippen molar-refractivity contribution in [1.82, 2.24) is 9.55 Å². The maximum Gasteiger partial charge on any atom is 0.212 e. The van der Waals surface area contributed by atoms with Crippen molar-refractivity contribution in [2.45, 2.75) is 6.54 Å². The smallest absolute Gasteiger partial charge is 0.212 e. The molecule has 0 amide bonds. The number of nitrogens with zero attached hydrogens (tertiary/aromatic N) is 3. The van der Waals surface area contributed by atoms with Crippen molar-refractivity contribution in [3.63, 3.8) is 0 Å². The molecule has 0 radical (unpaired) electrons. The molecular formula is C6H6FN3. The Morgan fingerprint density at radius 3 is 3.20 bits per heavy atom. The number of hydrogen-bond acceptors (Lipinski definition) is 2. The Labute approximate surface area is 57.7 Å². The number of aromatic nitrogens is 2. The van der Waals surface area contributed by atoms with Gasteiger partial charge in [-0.2, -0.15) is 5.26 Å². The Hall–Kier alpha value is -1.37. The summed E-state index contributed by atoms with van der Waals surface area (Å²) in [4.78, 5) is 3.69. The molecule has 3 nitrogen and oxygen atoms in total. The van der Waals surface area contributed by atoms with E-state index in [0.29, 0.717) is 0 Å². The normalized spacial score (nSPS) is 9.20. The molecule has 0 saturated heterocycles. The zero-order valence-electron chi connectivity index (χ0n) is 5.29. The van der Waals surface area contributed by atoms with Crippen LogP contribution in [0.25, 0.3) is 0 Å². The van der Waals surface area contributed by atoms with Crippen molar-refractivity contribution in [1.29, 1.82) is 5.26 Å². The van der Waals surface area contributed by atoms with E-state index in [0.717, 1.165) is 0 Å². The van der Waals surface area contributed by atoms with E-state index in [2.05, 4.69) is 4.98 Å². The molecule has 0 fully saturated rings. The van der Waals surface area contributed by atoms with Crippen molar-refractivity contribution in [3.8, 4) is 6.07 Å². The summed E-state index contributed by atoms with van der Waals surface area (Å²) in [7, 11) is 0. The van der Waals surface area contributed by atoms with Crippen molar-refractivity contribution in [2.24, 2.45) is 0 Å². The molecule has 0 saturated carbocycles. The van der Waals surface area contributed by atoms with Gasteiger partial charge < -0.3 is 4.57 Å². The van der Waals surface area contributed by atoms with Crippen LogP contribution in [-0.4, -0.2) is 16.2 Å². The van der Waals surface area contributed by atoms with E-state index in [1.165, 1.54) is 10.8 Å². The van der Waals surface area contributed by atoms with Crippen LogP contribution in [0.4, 0.5) is 4.39 Å². The SMILES string of the molecule is N#Cc1nccn1CCF. The molecule has 0 aliphatic carbocycles. The summed E-state index contributed by atoms with van der Waals surface area (Å²) in [5, 5.41) is 8.38. The van der Waals surface area contributed by atoms with Crippen molar-refractivity contribution in [3.05, 3.63) is 18.2 Å². The quantitative estimate of drug-likeness (QED) is 0.605. The van der Waals surface area contributed by atoms with Crippen molar-refractivity contribution < 1.29 is 4.39 Å². The van der Waals surface area contributed by atoms with E-state index in [4.69, 9.17) is 5.26 Å². The summed E-state index contributed by atoms with van der Waals surface area (Å²) < 4.78 is 13.2. The lowest BCUT2D eigenvalue weighted by atomic mass is 10.6. The first-order chi connectivity index (χ1) is 4.88. The van der Waals surface area contributed by atoms with Gasteiger partial charge in [0.1, 0.15) is 12.7 Å². The number of aryl methyl sites for hydroxylation is 1. The van der Waals surface area contributed by atoms with Crippen LogP contribution in [0.2, 0.25) is 0 Å². The zero-order valence-corrected chi connectivity index (χ0v) is 5.29. The summed E-state index contributed by atoms with van der Waals surface area (Å²) >= 11 is 0. The largest absolute Gasteiger partial charge is 0.320 e. The second-order valence-corrected chi connectivity index (χ2v) is 1.75. The Morgan fingerprint density at radius 2 is 2.60 bits per heavy atom. The fraction of sp³-hybridized carbons (Fsp3) is 0.333. The summed E-state index contributed by atoms with van der Waals surface area (Å²) in [5.41, 5.74) is 0. The van der Waals surface area contributed by atoms with Crippen LogP contribution in [0.1, 0.15) is 5.82 Å². The third-order valence-electron chi connectivity index (χ3n) is 1.14. The predicted molar refractivity (Wildman–Crippen MR) is 32.9 cm³/mol. The average Bonchev–Trinajstić information content (AvgIpc) is 2.36. The monoisotopic (exact) mass is 139 g/mol. The lowest BCUT2D eigenvalue weighted by Crippen LogP contribution is -2.00. The molecule has 52 valence electrons. The van der Waals surface area contributed by atoms with Gasteiger partial charge in [-0.15, -0.1) is 0 Å². The Balaban J connectivity index is 2.82.